The average molecular weight is 407 g/mol. The number of benzene rings is 2. The molecule has 0 aliphatic carbocycles. The van der Waals surface area contributed by atoms with Gasteiger partial charge in [0.15, 0.2) is 0 Å². The summed E-state index contributed by atoms with van der Waals surface area (Å²) in [5.74, 6) is 0. The second kappa shape index (κ2) is 7.25. The van der Waals surface area contributed by atoms with Gasteiger partial charge in [-0.05, 0) is 18.2 Å². The summed E-state index contributed by atoms with van der Waals surface area (Å²) in [5.41, 5.74) is 2.97. The minimum Gasteiger partial charge on any atom is -0.261 e. The third-order valence-electron chi connectivity index (χ3n) is 3.21. The third kappa shape index (κ3) is 3.63. The minimum atomic E-state index is 0.699. The van der Waals surface area contributed by atoms with Gasteiger partial charge < -0.3 is 0 Å². The molecule has 6 heteroatoms. The van der Waals surface area contributed by atoms with Crippen molar-refractivity contribution in [2.75, 3.05) is 7.05 Å². The van der Waals surface area contributed by atoms with Gasteiger partial charge in [-0.2, -0.15) is 5.10 Å². The fourth-order valence-corrected chi connectivity index (χ4v) is 3.49. The van der Waals surface area contributed by atoms with E-state index in [1.165, 1.54) is 0 Å². The van der Waals surface area contributed by atoms with Crippen molar-refractivity contribution in [3.05, 3.63) is 73.8 Å². The zero-order valence-electron chi connectivity index (χ0n) is 12.3. The molecule has 0 aliphatic rings. The molecule has 3 nitrogen and oxygen atoms in total. The molecule has 0 radical (unpaired) electrons. The van der Waals surface area contributed by atoms with E-state index in [9.17, 15) is 0 Å². The van der Waals surface area contributed by atoms with Gasteiger partial charge in [-0.25, -0.2) is 4.68 Å². The highest BCUT2D eigenvalue weighted by Gasteiger charge is 2.07. The monoisotopic (exact) mass is 405 g/mol. The fraction of sp³-hybridized carbons (Fsp3) is 0.0588. The highest BCUT2D eigenvalue weighted by molar-refractivity contribution is 9.10. The summed E-state index contributed by atoms with van der Waals surface area (Å²) in [4.78, 5) is 5.12. The van der Waals surface area contributed by atoms with Crippen molar-refractivity contribution >= 4 is 45.1 Å². The van der Waals surface area contributed by atoms with Crippen LogP contribution in [0.3, 0.4) is 0 Å². The van der Waals surface area contributed by atoms with Crippen molar-refractivity contribution in [2.45, 2.75) is 0 Å². The van der Waals surface area contributed by atoms with Crippen LogP contribution in [-0.2, 0) is 0 Å². The predicted molar refractivity (Wildman–Crippen MR) is 101 cm³/mol. The van der Waals surface area contributed by atoms with Crippen molar-refractivity contribution in [2.24, 2.45) is 10.1 Å². The molecule has 116 valence electrons. The first kappa shape index (κ1) is 16.2. The molecule has 23 heavy (non-hydrogen) atoms. The lowest BCUT2D eigenvalue weighted by molar-refractivity contribution is 0.848. The second-order valence-corrected chi connectivity index (χ2v) is 6.84. The lowest BCUT2D eigenvalue weighted by Gasteiger charge is -2.04. The summed E-state index contributed by atoms with van der Waals surface area (Å²) >= 11 is 11.2. The van der Waals surface area contributed by atoms with Gasteiger partial charge in [0.25, 0.3) is 0 Å². The van der Waals surface area contributed by atoms with Crippen molar-refractivity contribution in [3.63, 3.8) is 0 Å². The Bertz CT molecular complexity index is 927. The van der Waals surface area contributed by atoms with Crippen molar-refractivity contribution in [3.8, 4) is 11.3 Å². The third-order valence-corrected chi connectivity index (χ3v) is 5.08. The Labute approximate surface area is 151 Å². The molecule has 3 aromatic rings. The van der Waals surface area contributed by atoms with Crippen molar-refractivity contribution in [1.82, 2.24) is 4.68 Å². The van der Waals surface area contributed by atoms with Crippen molar-refractivity contribution in [1.29, 1.82) is 0 Å². The lowest BCUT2D eigenvalue weighted by Crippen LogP contribution is -2.11. The summed E-state index contributed by atoms with van der Waals surface area (Å²) in [6, 6.07) is 15.7. The molecule has 0 saturated carbocycles. The van der Waals surface area contributed by atoms with Crippen LogP contribution in [0.2, 0.25) is 5.02 Å². The fourth-order valence-electron chi connectivity index (χ4n) is 2.11. The van der Waals surface area contributed by atoms with Crippen LogP contribution in [0.1, 0.15) is 5.56 Å². The summed E-state index contributed by atoms with van der Waals surface area (Å²) < 4.78 is 2.83. The number of rotatable bonds is 3. The Kier molecular flexibility index (Phi) is 5.10. The minimum absolute atomic E-state index is 0.699. The molecule has 0 atom stereocenters. The second-order valence-electron chi connectivity index (χ2n) is 4.72. The predicted octanol–water partition coefficient (Wildman–Crippen LogP) is 5.05. The van der Waals surface area contributed by atoms with E-state index in [-0.39, 0.29) is 0 Å². The molecule has 0 N–H and O–H groups in total. The molecule has 1 aromatic heterocycles. The zero-order valence-corrected chi connectivity index (χ0v) is 15.4. The summed E-state index contributed by atoms with van der Waals surface area (Å²) in [5, 5.41) is 7.34. The maximum absolute atomic E-state index is 6.11. The van der Waals surface area contributed by atoms with E-state index < -0.39 is 0 Å². The van der Waals surface area contributed by atoms with Gasteiger partial charge in [0.2, 0.25) is 4.80 Å². The van der Waals surface area contributed by atoms with E-state index in [0.717, 1.165) is 26.1 Å². The number of nitrogens with zero attached hydrogens (tertiary/aromatic N) is 3. The van der Waals surface area contributed by atoms with Gasteiger partial charge >= 0.3 is 0 Å². The molecule has 0 saturated heterocycles. The van der Waals surface area contributed by atoms with Gasteiger partial charge in [-0.3, -0.25) is 4.99 Å². The van der Waals surface area contributed by atoms with Crippen LogP contribution in [0, 0.1) is 0 Å². The average Bonchev–Trinajstić information content (AvgIpc) is 2.97. The number of halogens is 2. The van der Waals surface area contributed by atoms with Crippen LogP contribution in [-0.4, -0.2) is 17.9 Å². The van der Waals surface area contributed by atoms with Crippen LogP contribution >= 0.6 is 38.9 Å². The molecule has 0 aliphatic heterocycles. The standard InChI is InChI=1S/C17H13BrClN3S/c1-20-17-22(21-10-13-5-2-3-8-15(13)18)16(11-23-17)12-6-4-7-14(19)9-12/h2-11H,1H3. The van der Waals surface area contributed by atoms with Gasteiger partial charge in [-0.1, -0.05) is 57.9 Å². The van der Waals surface area contributed by atoms with E-state index in [0.29, 0.717) is 5.02 Å². The van der Waals surface area contributed by atoms with Crippen molar-refractivity contribution < 1.29 is 0 Å². The van der Waals surface area contributed by atoms with Crippen LogP contribution < -0.4 is 4.80 Å². The van der Waals surface area contributed by atoms with Crippen LogP contribution in [0.5, 0.6) is 0 Å². The molecule has 0 bridgehead atoms. The Morgan fingerprint density at radius 2 is 2.00 bits per heavy atom. The van der Waals surface area contributed by atoms with Crippen LogP contribution in [0.15, 0.2) is 68.5 Å². The van der Waals surface area contributed by atoms with E-state index in [2.05, 4.69) is 26.0 Å². The van der Waals surface area contributed by atoms with E-state index >= 15 is 0 Å². The summed E-state index contributed by atoms with van der Waals surface area (Å²) in [7, 11) is 1.76. The summed E-state index contributed by atoms with van der Waals surface area (Å²) in [6.45, 7) is 0. The highest BCUT2D eigenvalue weighted by atomic mass is 79.9. The van der Waals surface area contributed by atoms with Gasteiger partial charge in [-0.15, -0.1) is 11.3 Å². The SMILES string of the molecule is CN=c1scc(-c2cccc(Cl)c2)n1N=Cc1ccccc1Br. The Morgan fingerprint density at radius 1 is 1.17 bits per heavy atom. The molecular formula is C17H13BrClN3S. The largest absolute Gasteiger partial charge is 0.261 e. The Morgan fingerprint density at radius 3 is 2.74 bits per heavy atom. The molecule has 3 rings (SSSR count). The number of hydrogen-bond donors (Lipinski definition) is 0. The first-order valence-electron chi connectivity index (χ1n) is 6.87. The topological polar surface area (TPSA) is 29.6 Å². The van der Waals surface area contributed by atoms with Gasteiger partial charge in [0, 0.05) is 33.0 Å². The normalized spacial score (nSPS) is 12.2. The van der Waals surface area contributed by atoms with Crippen LogP contribution in [0.4, 0.5) is 0 Å². The molecule has 0 fully saturated rings. The van der Waals surface area contributed by atoms with E-state index in [4.69, 9.17) is 11.6 Å². The molecule has 1 heterocycles. The molecule has 0 spiro atoms. The number of thiazole rings is 1. The van der Waals surface area contributed by atoms with E-state index in [1.807, 2.05) is 64.8 Å². The first-order chi connectivity index (χ1) is 11.2. The van der Waals surface area contributed by atoms with Gasteiger partial charge in [0.05, 0.1) is 11.9 Å². The molecular weight excluding hydrogens is 394 g/mol. The van der Waals surface area contributed by atoms with E-state index in [1.54, 1.807) is 18.4 Å². The van der Waals surface area contributed by atoms with Crippen LogP contribution in [0.25, 0.3) is 11.3 Å². The molecule has 0 unspecified atom stereocenters. The van der Waals surface area contributed by atoms with Gasteiger partial charge in [0.1, 0.15) is 0 Å². The number of aromatic nitrogens is 1. The zero-order chi connectivity index (χ0) is 16.2. The Balaban J connectivity index is 2.09. The first-order valence-corrected chi connectivity index (χ1v) is 8.92. The Hall–Kier alpha value is -1.69. The number of hydrogen-bond acceptors (Lipinski definition) is 3. The highest BCUT2D eigenvalue weighted by Crippen LogP contribution is 2.23. The smallest absolute Gasteiger partial charge is 0.205 e. The molecule has 0 amide bonds. The molecule has 2 aromatic carbocycles. The summed E-state index contributed by atoms with van der Waals surface area (Å²) in [6.07, 6.45) is 1.82. The maximum Gasteiger partial charge on any atom is 0.205 e. The lowest BCUT2D eigenvalue weighted by atomic mass is 10.2. The maximum atomic E-state index is 6.11. The quantitative estimate of drug-likeness (QED) is 0.545.